The van der Waals surface area contributed by atoms with Crippen LogP contribution in [-0.2, 0) is 0 Å². The first-order valence-corrected chi connectivity index (χ1v) is 7.45. The first-order valence-electron chi connectivity index (χ1n) is 7.45. The van der Waals surface area contributed by atoms with Gasteiger partial charge >= 0.3 is 0 Å². The van der Waals surface area contributed by atoms with Crippen LogP contribution in [-0.4, -0.2) is 36.5 Å². The fourth-order valence-electron chi connectivity index (χ4n) is 2.69. The lowest BCUT2D eigenvalue weighted by Crippen LogP contribution is -2.43. The summed E-state index contributed by atoms with van der Waals surface area (Å²) in [5.41, 5.74) is -0.0564. The standard InChI is InChI=1S/C16H22F2N2O/c1-11(2)20(10-12-5-7-19-8-6-12)16(21)14-4-3-13(17)9-15(14)18/h3-4,9,11-12,19H,5-8,10H2,1-2H3. The van der Waals surface area contributed by atoms with E-state index >= 15 is 0 Å². The summed E-state index contributed by atoms with van der Waals surface area (Å²) in [6, 6.07) is 3.09. The summed E-state index contributed by atoms with van der Waals surface area (Å²) in [6.07, 6.45) is 2.03. The Morgan fingerprint density at radius 2 is 2.00 bits per heavy atom. The summed E-state index contributed by atoms with van der Waals surface area (Å²) < 4.78 is 26.8. The van der Waals surface area contributed by atoms with Gasteiger partial charge in [0.2, 0.25) is 0 Å². The maximum atomic E-state index is 13.8. The van der Waals surface area contributed by atoms with Crippen molar-refractivity contribution in [1.29, 1.82) is 0 Å². The second-order valence-electron chi connectivity index (χ2n) is 5.87. The molecule has 0 radical (unpaired) electrons. The van der Waals surface area contributed by atoms with Gasteiger partial charge in [-0.2, -0.15) is 0 Å². The number of rotatable bonds is 4. The van der Waals surface area contributed by atoms with E-state index in [1.165, 1.54) is 6.07 Å². The molecule has 1 saturated heterocycles. The molecule has 0 bridgehead atoms. The van der Waals surface area contributed by atoms with Gasteiger partial charge in [-0.25, -0.2) is 8.78 Å². The Bertz CT molecular complexity index is 499. The molecule has 5 heteroatoms. The number of nitrogens with zero attached hydrogens (tertiary/aromatic N) is 1. The largest absolute Gasteiger partial charge is 0.336 e. The minimum Gasteiger partial charge on any atom is -0.336 e. The lowest BCUT2D eigenvalue weighted by molar-refractivity contribution is 0.0653. The Labute approximate surface area is 124 Å². The Kier molecular flexibility index (Phi) is 5.28. The van der Waals surface area contributed by atoms with E-state index in [1.807, 2.05) is 13.8 Å². The van der Waals surface area contributed by atoms with Gasteiger partial charge in [-0.1, -0.05) is 0 Å². The van der Waals surface area contributed by atoms with Crippen LogP contribution in [0.4, 0.5) is 8.78 Å². The van der Waals surface area contributed by atoms with Crippen LogP contribution in [0.3, 0.4) is 0 Å². The highest BCUT2D eigenvalue weighted by atomic mass is 19.1. The van der Waals surface area contributed by atoms with Crippen molar-refractivity contribution < 1.29 is 13.6 Å². The van der Waals surface area contributed by atoms with Crippen molar-refractivity contribution in [3.05, 3.63) is 35.4 Å². The third kappa shape index (κ3) is 4.00. The summed E-state index contributed by atoms with van der Waals surface area (Å²) in [7, 11) is 0. The van der Waals surface area contributed by atoms with Crippen LogP contribution >= 0.6 is 0 Å². The van der Waals surface area contributed by atoms with Crippen molar-refractivity contribution in [2.45, 2.75) is 32.7 Å². The van der Waals surface area contributed by atoms with Crippen molar-refractivity contribution in [2.24, 2.45) is 5.92 Å². The minimum atomic E-state index is -0.795. The van der Waals surface area contributed by atoms with Gasteiger partial charge < -0.3 is 10.2 Å². The van der Waals surface area contributed by atoms with Crippen molar-refractivity contribution in [3.8, 4) is 0 Å². The molecule has 116 valence electrons. The monoisotopic (exact) mass is 296 g/mol. The zero-order chi connectivity index (χ0) is 15.4. The molecule has 0 unspecified atom stereocenters. The fraction of sp³-hybridized carbons (Fsp3) is 0.562. The zero-order valence-electron chi connectivity index (χ0n) is 12.5. The number of hydrogen-bond acceptors (Lipinski definition) is 2. The predicted molar refractivity (Wildman–Crippen MR) is 78.1 cm³/mol. The zero-order valence-corrected chi connectivity index (χ0v) is 12.5. The molecule has 1 aromatic carbocycles. The van der Waals surface area contributed by atoms with Gasteiger partial charge in [-0.15, -0.1) is 0 Å². The van der Waals surface area contributed by atoms with E-state index in [1.54, 1.807) is 4.90 Å². The van der Waals surface area contributed by atoms with Crippen molar-refractivity contribution in [1.82, 2.24) is 10.2 Å². The van der Waals surface area contributed by atoms with Crippen LogP contribution in [0.5, 0.6) is 0 Å². The lowest BCUT2D eigenvalue weighted by Gasteiger charge is -2.33. The first kappa shape index (κ1) is 15.9. The van der Waals surface area contributed by atoms with Gasteiger partial charge in [0.15, 0.2) is 0 Å². The third-order valence-electron chi connectivity index (χ3n) is 3.96. The van der Waals surface area contributed by atoms with E-state index in [4.69, 9.17) is 0 Å². The van der Waals surface area contributed by atoms with Crippen LogP contribution < -0.4 is 5.32 Å². The summed E-state index contributed by atoms with van der Waals surface area (Å²) >= 11 is 0. The number of amides is 1. The summed E-state index contributed by atoms with van der Waals surface area (Å²) in [5.74, 6) is -1.39. The minimum absolute atomic E-state index is 0.0168. The van der Waals surface area contributed by atoms with Crippen LogP contribution in [0.25, 0.3) is 0 Å². The summed E-state index contributed by atoms with van der Waals surface area (Å²) in [5, 5.41) is 3.29. The third-order valence-corrected chi connectivity index (χ3v) is 3.96. The maximum absolute atomic E-state index is 13.8. The molecule has 0 aromatic heterocycles. The number of hydrogen-bond donors (Lipinski definition) is 1. The Balaban J connectivity index is 2.14. The van der Waals surface area contributed by atoms with E-state index in [0.717, 1.165) is 38.1 Å². The number of carbonyl (C=O) groups is 1. The van der Waals surface area contributed by atoms with Gasteiger partial charge in [0, 0.05) is 18.7 Å². The lowest BCUT2D eigenvalue weighted by atomic mass is 9.96. The SMILES string of the molecule is CC(C)N(CC1CCNCC1)C(=O)c1ccc(F)cc1F. The van der Waals surface area contributed by atoms with E-state index in [9.17, 15) is 13.6 Å². The van der Waals surface area contributed by atoms with Crippen molar-refractivity contribution in [2.75, 3.05) is 19.6 Å². The average Bonchev–Trinajstić information content (AvgIpc) is 2.45. The predicted octanol–water partition coefficient (Wildman–Crippen LogP) is 2.82. The Hall–Kier alpha value is -1.49. The number of benzene rings is 1. The van der Waals surface area contributed by atoms with E-state index in [2.05, 4.69) is 5.32 Å². The molecule has 3 nitrogen and oxygen atoms in total. The van der Waals surface area contributed by atoms with Gasteiger partial charge in [-0.3, -0.25) is 4.79 Å². The number of piperidine rings is 1. The number of halogens is 2. The number of nitrogens with one attached hydrogen (secondary N) is 1. The molecule has 1 fully saturated rings. The highest BCUT2D eigenvalue weighted by molar-refractivity contribution is 5.94. The normalized spacial score (nSPS) is 16.2. The molecule has 2 rings (SSSR count). The fourth-order valence-corrected chi connectivity index (χ4v) is 2.69. The molecule has 21 heavy (non-hydrogen) atoms. The Morgan fingerprint density at radius 3 is 2.57 bits per heavy atom. The van der Waals surface area contributed by atoms with Crippen LogP contribution in [0.15, 0.2) is 18.2 Å². The molecule has 1 amide bonds. The summed E-state index contributed by atoms with van der Waals surface area (Å²) in [4.78, 5) is 14.2. The van der Waals surface area contributed by atoms with Gasteiger partial charge in [-0.05, 0) is 57.8 Å². The highest BCUT2D eigenvalue weighted by Gasteiger charge is 2.25. The van der Waals surface area contributed by atoms with Crippen molar-refractivity contribution >= 4 is 5.91 Å². The molecule has 1 aliphatic rings. The number of carbonyl (C=O) groups excluding carboxylic acids is 1. The van der Waals surface area contributed by atoms with E-state index in [0.29, 0.717) is 12.5 Å². The van der Waals surface area contributed by atoms with Gasteiger partial charge in [0.25, 0.3) is 5.91 Å². The molecule has 0 atom stereocenters. The molecular weight excluding hydrogens is 274 g/mol. The first-order chi connectivity index (χ1) is 9.99. The molecule has 0 aliphatic carbocycles. The second kappa shape index (κ2) is 6.98. The van der Waals surface area contributed by atoms with Crippen LogP contribution in [0.1, 0.15) is 37.0 Å². The van der Waals surface area contributed by atoms with E-state index in [-0.39, 0.29) is 17.5 Å². The molecule has 1 aromatic rings. The van der Waals surface area contributed by atoms with Crippen LogP contribution in [0, 0.1) is 17.6 Å². The van der Waals surface area contributed by atoms with Crippen molar-refractivity contribution in [3.63, 3.8) is 0 Å². The average molecular weight is 296 g/mol. The smallest absolute Gasteiger partial charge is 0.257 e. The summed E-state index contributed by atoms with van der Waals surface area (Å²) in [6.45, 7) is 6.36. The van der Waals surface area contributed by atoms with Gasteiger partial charge in [0.1, 0.15) is 11.6 Å². The van der Waals surface area contributed by atoms with Gasteiger partial charge in [0.05, 0.1) is 5.56 Å². The topological polar surface area (TPSA) is 32.3 Å². The Morgan fingerprint density at radius 1 is 1.33 bits per heavy atom. The maximum Gasteiger partial charge on any atom is 0.257 e. The molecule has 1 N–H and O–H groups in total. The highest BCUT2D eigenvalue weighted by Crippen LogP contribution is 2.19. The van der Waals surface area contributed by atoms with Crippen LogP contribution in [0.2, 0.25) is 0 Å². The van der Waals surface area contributed by atoms with E-state index < -0.39 is 11.6 Å². The molecule has 0 spiro atoms. The second-order valence-corrected chi connectivity index (χ2v) is 5.87. The molecular formula is C16H22F2N2O. The molecule has 1 heterocycles. The molecule has 0 saturated carbocycles. The molecule has 1 aliphatic heterocycles. The quantitative estimate of drug-likeness (QED) is 0.926.